The minimum atomic E-state index is 0.542. The van der Waals surface area contributed by atoms with Crippen molar-refractivity contribution >= 4 is 11.8 Å². The van der Waals surface area contributed by atoms with Gasteiger partial charge >= 0.3 is 0 Å². The van der Waals surface area contributed by atoms with E-state index in [-0.39, 0.29) is 0 Å². The first kappa shape index (κ1) is 5.41. The van der Waals surface area contributed by atoms with Gasteiger partial charge in [0.25, 0.3) is 0 Å². The first-order valence-corrected chi connectivity index (χ1v) is 3.35. The Kier molecular flexibility index (Phi) is 1.97. The molecule has 1 atom stereocenters. The van der Waals surface area contributed by atoms with Crippen LogP contribution in [0, 0.1) is 0 Å². The zero-order chi connectivity index (χ0) is 5.11. The Balaban J connectivity index is 2.14. The normalized spacial score (nSPS) is 31.3. The summed E-state index contributed by atoms with van der Waals surface area (Å²) in [5.74, 6) is 0.853. The molecule has 7 heavy (non-hydrogen) atoms. The minimum Gasteiger partial charge on any atom is -0.368 e. The van der Waals surface area contributed by atoms with Gasteiger partial charge in [0.15, 0.2) is 0 Å². The first-order valence-electron chi connectivity index (χ1n) is 2.30. The lowest BCUT2D eigenvalue weighted by molar-refractivity contribution is 0.198. The third kappa shape index (κ3) is 1.33. The summed E-state index contributed by atoms with van der Waals surface area (Å²) in [5.41, 5.74) is 0. The number of likely N-dealkylation sites (N-methyl/N-ethyl adjacent to an activating group) is 1. The molecule has 1 rings (SSSR count). The fourth-order valence-corrected chi connectivity index (χ4v) is 1.22. The van der Waals surface area contributed by atoms with Gasteiger partial charge in [-0.3, -0.25) is 0 Å². The Morgan fingerprint density at radius 2 is 2.71 bits per heavy atom. The van der Waals surface area contributed by atoms with Crippen molar-refractivity contribution in [3.05, 3.63) is 0 Å². The Morgan fingerprint density at radius 3 is 3.00 bits per heavy atom. The highest BCUT2D eigenvalue weighted by Gasteiger charge is 2.11. The van der Waals surface area contributed by atoms with E-state index in [9.17, 15) is 0 Å². The van der Waals surface area contributed by atoms with Crippen molar-refractivity contribution in [2.24, 2.45) is 0 Å². The Labute approximate surface area is 47.6 Å². The van der Waals surface area contributed by atoms with Crippen LogP contribution in [0.4, 0.5) is 0 Å². The van der Waals surface area contributed by atoms with Crippen molar-refractivity contribution in [1.82, 2.24) is 5.32 Å². The SMILES string of the molecule is CNC1COCS1. The lowest BCUT2D eigenvalue weighted by atomic mass is 10.7. The number of hydrogen-bond acceptors (Lipinski definition) is 3. The maximum atomic E-state index is 5.05. The second-order valence-corrected chi connectivity index (χ2v) is 2.57. The van der Waals surface area contributed by atoms with Gasteiger partial charge in [0.2, 0.25) is 0 Å². The first-order chi connectivity index (χ1) is 3.43. The van der Waals surface area contributed by atoms with E-state index in [0.29, 0.717) is 5.37 Å². The van der Waals surface area contributed by atoms with Crippen LogP contribution in [0.15, 0.2) is 0 Å². The predicted molar refractivity (Wildman–Crippen MR) is 31.3 cm³/mol. The summed E-state index contributed by atoms with van der Waals surface area (Å²) >= 11 is 1.81. The van der Waals surface area contributed by atoms with Crippen molar-refractivity contribution in [1.29, 1.82) is 0 Å². The summed E-state index contributed by atoms with van der Waals surface area (Å²) in [7, 11) is 1.95. The van der Waals surface area contributed by atoms with Gasteiger partial charge in [-0.05, 0) is 7.05 Å². The molecular formula is C4H9NOS. The Hall–Kier alpha value is 0.270. The van der Waals surface area contributed by atoms with Crippen LogP contribution in [0.3, 0.4) is 0 Å². The van der Waals surface area contributed by atoms with Crippen LogP contribution in [0.2, 0.25) is 0 Å². The molecule has 0 aromatic carbocycles. The highest BCUT2D eigenvalue weighted by atomic mass is 32.2. The van der Waals surface area contributed by atoms with Gasteiger partial charge < -0.3 is 10.1 Å². The molecule has 0 spiro atoms. The summed E-state index contributed by atoms with van der Waals surface area (Å²) < 4.78 is 5.05. The van der Waals surface area contributed by atoms with E-state index in [0.717, 1.165) is 12.5 Å². The highest BCUT2D eigenvalue weighted by Crippen LogP contribution is 2.15. The third-order valence-electron chi connectivity index (χ3n) is 0.944. The van der Waals surface area contributed by atoms with E-state index in [2.05, 4.69) is 5.32 Å². The molecule has 0 bridgehead atoms. The van der Waals surface area contributed by atoms with E-state index in [1.165, 1.54) is 0 Å². The van der Waals surface area contributed by atoms with Crippen LogP contribution in [0.5, 0.6) is 0 Å². The van der Waals surface area contributed by atoms with E-state index in [4.69, 9.17) is 4.74 Å². The molecular weight excluding hydrogens is 110 g/mol. The van der Waals surface area contributed by atoms with Crippen molar-refractivity contribution in [2.75, 3.05) is 19.6 Å². The lowest BCUT2D eigenvalue weighted by Gasteiger charge is -2.00. The average Bonchev–Trinajstić information content (AvgIpc) is 2.14. The molecule has 2 nitrogen and oxygen atoms in total. The van der Waals surface area contributed by atoms with Crippen LogP contribution in [0.1, 0.15) is 0 Å². The molecule has 0 amide bonds. The smallest absolute Gasteiger partial charge is 0.0938 e. The monoisotopic (exact) mass is 119 g/mol. The van der Waals surface area contributed by atoms with Gasteiger partial charge in [0, 0.05) is 0 Å². The van der Waals surface area contributed by atoms with E-state index >= 15 is 0 Å². The number of hydrogen-bond donors (Lipinski definition) is 1. The van der Waals surface area contributed by atoms with Crippen LogP contribution in [-0.2, 0) is 4.74 Å². The molecule has 1 heterocycles. The molecule has 0 aliphatic carbocycles. The maximum absolute atomic E-state index is 5.05. The van der Waals surface area contributed by atoms with Gasteiger partial charge in [-0.15, -0.1) is 11.8 Å². The van der Waals surface area contributed by atoms with Crippen molar-refractivity contribution in [3.63, 3.8) is 0 Å². The van der Waals surface area contributed by atoms with Crippen molar-refractivity contribution in [2.45, 2.75) is 5.37 Å². The van der Waals surface area contributed by atoms with Crippen LogP contribution in [-0.4, -0.2) is 25.0 Å². The molecule has 1 N–H and O–H groups in total. The number of nitrogens with one attached hydrogen (secondary N) is 1. The number of thioether (sulfide) groups is 1. The molecule has 3 heteroatoms. The summed E-state index contributed by atoms with van der Waals surface area (Å²) in [6.45, 7) is 0.862. The Bertz CT molecular complexity index is 53.7. The topological polar surface area (TPSA) is 21.3 Å². The Morgan fingerprint density at radius 1 is 1.86 bits per heavy atom. The largest absolute Gasteiger partial charge is 0.368 e. The third-order valence-corrected chi connectivity index (χ3v) is 2.02. The second kappa shape index (κ2) is 2.55. The number of ether oxygens (including phenoxy) is 1. The zero-order valence-corrected chi connectivity index (χ0v) is 5.12. The quantitative estimate of drug-likeness (QED) is 0.534. The van der Waals surface area contributed by atoms with Gasteiger partial charge in [-0.1, -0.05) is 0 Å². The van der Waals surface area contributed by atoms with Crippen LogP contribution >= 0.6 is 11.8 Å². The molecule has 0 saturated carbocycles. The second-order valence-electron chi connectivity index (χ2n) is 1.43. The van der Waals surface area contributed by atoms with E-state index in [1.54, 1.807) is 0 Å². The van der Waals surface area contributed by atoms with E-state index in [1.807, 2.05) is 18.8 Å². The minimum absolute atomic E-state index is 0.542. The maximum Gasteiger partial charge on any atom is 0.0938 e. The van der Waals surface area contributed by atoms with Crippen molar-refractivity contribution in [3.8, 4) is 0 Å². The van der Waals surface area contributed by atoms with Crippen LogP contribution in [0.25, 0.3) is 0 Å². The molecule has 1 fully saturated rings. The fraction of sp³-hybridized carbons (Fsp3) is 1.00. The van der Waals surface area contributed by atoms with Crippen molar-refractivity contribution < 1.29 is 4.74 Å². The average molecular weight is 119 g/mol. The van der Waals surface area contributed by atoms with Gasteiger partial charge in [-0.25, -0.2) is 0 Å². The van der Waals surface area contributed by atoms with Gasteiger partial charge in [0.05, 0.1) is 17.9 Å². The molecule has 0 aromatic heterocycles. The van der Waals surface area contributed by atoms with Gasteiger partial charge in [-0.2, -0.15) is 0 Å². The zero-order valence-electron chi connectivity index (χ0n) is 4.31. The number of rotatable bonds is 1. The summed E-state index contributed by atoms with van der Waals surface area (Å²) in [6.07, 6.45) is 0. The fourth-order valence-electron chi connectivity index (χ4n) is 0.500. The molecule has 0 radical (unpaired) electrons. The molecule has 1 unspecified atom stereocenters. The summed E-state index contributed by atoms with van der Waals surface area (Å²) in [5, 5.41) is 3.64. The molecule has 1 aliphatic rings. The molecule has 0 aromatic rings. The molecule has 1 aliphatic heterocycles. The lowest BCUT2D eigenvalue weighted by Crippen LogP contribution is -2.21. The standard InChI is InChI=1S/C4H9NOS/c1-5-4-2-6-3-7-4/h4-5H,2-3H2,1H3. The summed E-state index contributed by atoms with van der Waals surface area (Å²) in [4.78, 5) is 0. The highest BCUT2D eigenvalue weighted by molar-refractivity contribution is 7.99. The molecule has 1 saturated heterocycles. The molecule has 42 valence electrons. The van der Waals surface area contributed by atoms with Gasteiger partial charge in [0.1, 0.15) is 0 Å². The summed E-state index contributed by atoms with van der Waals surface area (Å²) in [6, 6.07) is 0. The van der Waals surface area contributed by atoms with E-state index < -0.39 is 0 Å². The van der Waals surface area contributed by atoms with Crippen LogP contribution < -0.4 is 5.32 Å². The predicted octanol–water partition coefficient (Wildman–Crippen LogP) is 0.253.